The van der Waals surface area contributed by atoms with E-state index in [0.29, 0.717) is 0 Å². The maximum atomic E-state index is 3.49. The highest BCUT2D eigenvalue weighted by molar-refractivity contribution is 7.99. The number of hydrogen-bond acceptors (Lipinski definition) is 3. The van der Waals surface area contributed by atoms with Crippen molar-refractivity contribution in [3.05, 3.63) is 52.2 Å². The van der Waals surface area contributed by atoms with Crippen molar-refractivity contribution in [1.29, 1.82) is 0 Å². The third kappa shape index (κ3) is 4.84. The summed E-state index contributed by atoms with van der Waals surface area (Å²) in [5, 5.41) is 7.86. The van der Waals surface area contributed by atoms with E-state index in [0.717, 1.165) is 25.3 Å². The first kappa shape index (κ1) is 13.7. The molecule has 0 aliphatic rings. The number of nitrogens with one attached hydrogen (secondary N) is 1. The average molecular weight is 277 g/mol. The molecule has 0 spiro atoms. The van der Waals surface area contributed by atoms with Crippen molar-refractivity contribution in [1.82, 2.24) is 5.32 Å². The predicted molar refractivity (Wildman–Crippen MR) is 82.8 cm³/mol. The van der Waals surface area contributed by atoms with E-state index in [1.165, 1.54) is 16.0 Å². The average Bonchev–Trinajstić information content (AvgIpc) is 2.87. The Morgan fingerprint density at radius 1 is 1.22 bits per heavy atom. The summed E-state index contributed by atoms with van der Waals surface area (Å²) in [7, 11) is 0. The van der Waals surface area contributed by atoms with Crippen molar-refractivity contribution < 1.29 is 0 Å². The molecule has 1 heterocycles. The number of rotatable bonds is 7. The van der Waals surface area contributed by atoms with Crippen LogP contribution in [-0.4, -0.2) is 18.8 Å². The van der Waals surface area contributed by atoms with Crippen LogP contribution < -0.4 is 5.32 Å². The first-order valence-electron chi connectivity index (χ1n) is 6.26. The molecule has 1 nitrogen and oxygen atoms in total. The fourth-order valence-electron chi connectivity index (χ4n) is 1.74. The highest BCUT2D eigenvalue weighted by Gasteiger charge is 1.95. The van der Waals surface area contributed by atoms with Crippen LogP contribution in [0.5, 0.6) is 0 Å². The van der Waals surface area contributed by atoms with Gasteiger partial charge in [-0.15, -0.1) is 11.8 Å². The lowest BCUT2D eigenvalue weighted by Gasteiger charge is -2.04. The van der Waals surface area contributed by atoms with E-state index >= 15 is 0 Å². The Bertz CT molecular complexity index is 451. The number of hydrogen-bond donors (Lipinski definition) is 1. The summed E-state index contributed by atoms with van der Waals surface area (Å²) in [5.74, 6) is 1.13. The molecular formula is C15H19NS2. The maximum Gasteiger partial charge on any atom is 0.0106 e. The Hall–Kier alpha value is -0.770. The van der Waals surface area contributed by atoms with Crippen LogP contribution in [0.4, 0.5) is 0 Å². The van der Waals surface area contributed by atoms with Gasteiger partial charge in [-0.1, -0.05) is 17.7 Å². The lowest BCUT2D eigenvalue weighted by atomic mass is 10.2. The van der Waals surface area contributed by atoms with E-state index in [4.69, 9.17) is 0 Å². The van der Waals surface area contributed by atoms with Gasteiger partial charge in [0.05, 0.1) is 0 Å². The van der Waals surface area contributed by atoms with Crippen molar-refractivity contribution in [2.75, 3.05) is 18.8 Å². The van der Waals surface area contributed by atoms with Gasteiger partial charge < -0.3 is 5.32 Å². The van der Waals surface area contributed by atoms with Crippen LogP contribution in [0, 0.1) is 6.92 Å². The predicted octanol–water partition coefficient (Wildman–Crippen LogP) is 3.98. The van der Waals surface area contributed by atoms with Crippen LogP contribution in [0.2, 0.25) is 0 Å². The molecule has 0 bridgehead atoms. The van der Waals surface area contributed by atoms with Crippen LogP contribution in [0.15, 0.2) is 46.0 Å². The van der Waals surface area contributed by atoms with Gasteiger partial charge in [0, 0.05) is 17.2 Å². The fraction of sp³-hybridized carbons (Fsp3) is 0.333. The Morgan fingerprint density at radius 2 is 2.17 bits per heavy atom. The van der Waals surface area contributed by atoms with Gasteiger partial charge in [-0.25, -0.2) is 0 Å². The van der Waals surface area contributed by atoms with Crippen LogP contribution in [0.3, 0.4) is 0 Å². The van der Waals surface area contributed by atoms with Crippen molar-refractivity contribution in [3.8, 4) is 0 Å². The topological polar surface area (TPSA) is 12.0 Å². The number of thiophene rings is 1. The van der Waals surface area contributed by atoms with Gasteiger partial charge in [-0.05, 0) is 54.4 Å². The molecule has 0 saturated heterocycles. The Balaban J connectivity index is 1.56. The Morgan fingerprint density at radius 3 is 2.94 bits per heavy atom. The molecule has 0 saturated carbocycles. The molecule has 18 heavy (non-hydrogen) atoms. The maximum absolute atomic E-state index is 3.49. The Labute approximate surface area is 118 Å². The standard InChI is InChI=1S/C15H19NS2/c1-13-3-2-4-15(11-13)18-10-8-16-7-5-14-6-9-17-12-14/h2-4,6,9,11-12,16H,5,7-8,10H2,1H3. The van der Waals surface area contributed by atoms with Gasteiger partial charge in [0.25, 0.3) is 0 Å². The van der Waals surface area contributed by atoms with E-state index in [2.05, 4.69) is 53.3 Å². The summed E-state index contributed by atoms with van der Waals surface area (Å²) in [6, 6.07) is 10.9. The van der Waals surface area contributed by atoms with Gasteiger partial charge in [0.1, 0.15) is 0 Å². The van der Waals surface area contributed by atoms with E-state index in [1.54, 1.807) is 11.3 Å². The fourth-order valence-corrected chi connectivity index (χ4v) is 3.37. The monoisotopic (exact) mass is 277 g/mol. The molecule has 0 unspecified atom stereocenters. The zero-order valence-corrected chi connectivity index (χ0v) is 12.3. The Kier molecular flexibility index (Phi) is 5.78. The minimum Gasteiger partial charge on any atom is -0.316 e. The lowest BCUT2D eigenvalue weighted by molar-refractivity contribution is 0.722. The van der Waals surface area contributed by atoms with Crippen LogP contribution in [-0.2, 0) is 6.42 Å². The third-order valence-electron chi connectivity index (χ3n) is 2.71. The smallest absolute Gasteiger partial charge is 0.0106 e. The number of benzene rings is 1. The molecule has 1 aromatic carbocycles. The molecule has 96 valence electrons. The van der Waals surface area contributed by atoms with Crippen molar-refractivity contribution in [3.63, 3.8) is 0 Å². The zero-order chi connectivity index (χ0) is 12.6. The molecule has 0 radical (unpaired) electrons. The largest absolute Gasteiger partial charge is 0.316 e. The second-order valence-electron chi connectivity index (χ2n) is 4.30. The SMILES string of the molecule is Cc1cccc(SCCNCCc2ccsc2)c1. The number of aryl methyl sites for hydroxylation is 1. The van der Waals surface area contributed by atoms with Crippen molar-refractivity contribution in [2.24, 2.45) is 0 Å². The summed E-state index contributed by atoms with van der Waals surface area (Å²) < 4.78 is 0. The van der Waals surface area contributed by atoms with Crippen LogP contribution in [0.25, 0.3) is 0 Å². The summed E-state index contributed by atoms with van der Waals surface area (Å²) >= 11 is 3.70. The quantitative estimate of drug-likeness (QED) is 0.607. The minimum atomic E-state index is 1.07. The summed E-state index contributed by atoms with van der Waals surface area (Å²) in [6.45, 7) is 4.29. The van der Waals surface area contributed by atoms with Gasteiger partial charge in [0.2, 0.25) is 0 Å². The van der Waals surface area contributed by atoms with Gasteiger partial charge in [-0.3, -0.25) is 0 Å². The molecule has 0 aliphatic carbocycles. The number of thioether (sulfide) groups is 1. The summed E-state index contributed by atoms with van der Waals surface area (Å²) in [6.07, 6.45) is 1.14. The van der Waals surface area contributed by atoms with E-state index in [1.807, 2.05) is 11.8 Å². The van der Waals surface area contributed by atoms with E-state index in [-0.39, 0.29) is 0 Å². The zero-order valence-electron chi connectivity index (χ0n) is 10.7. The molecule has 1 N–H and O–H groups in total. The molecule has 0 aliphatic heterocycles. The van der Waals surface area contributed by atoms with Crippen LogP contribution >= 0.6 is 23.1 Å². The van der Waals surface area contributed by atoms with Gasteiger partial charge >= 0.3 is 0 Å². The van der Waals surface area contributed by atoms with E-state index < -0.39 is 0 Å². The highest BCUT2D eigenvalue weighted by Crippen LogP contribution is 2.17. The molecule has 0 fully saturated rings. The van der Waals surface area contributed by atoms with Gasteiger partial charge in [-0.2, -0.15) is 11.3 Å². The molecule has 1 aromatic heterocycles. The minimum absolute atomic E-state index is 1.07. The van der Waals surface area contributed by atoms with Crippen LogP contribution in [0.1, 0.15) is 11.1 Å². The molecular weight excluding hydrogens is 258 g/mol. The van der Waals surface area contributed by atoms with E-state index in [9.17, 15) is 0 Å². The van der Waals surface area contributed by atoms with Gasteiger partial charge in [0.15, 0.2) is 0 Å². The second-order valence-corrected chi connectivity index (χ2v) is 6.24. The second kappa shape index (κ2) is 7.62. The molecule has 2 rings (SSSR count). The van der Waals surface area contributed by atoms with Crippen molar-refractivity contribution >= 4 is 23.1 Å². The first-order valence-corrected chi connectivity index (χ1v) is 8.19. The summed E-state index contributed by atoms with van der Waals surface area (Å²) in [5.41, 5.74) is 2.78. The molecule has 0 atom stereocenters. The lowest BCUT2D eigenvalue weighted by Crippen LogP contribution is -2.19. The first-order chi connectivity index (χ1) is 8.84. The molecule has 3 heteroatoms. The summed E-state index contributed by atoms with van der Waals surface area (Å²) in [4.78, 5) is 1.37. The normalized spacial score (nSPS) is 10.7. The third-order valence-corrected chi connectivity index (χ3v) is 4.44. The van der Waals surface area contributed by atoms with Crippen molar-refractivity contribution in [2.45, 2.75) is 18.2 Å². The molecule has 0 amide bonds. The highest BCUT2D eigenvalue weighted by atomic mass is 32.2. The molecule has 2 aromatic rings.